The van der Waals surface area contributed by atoms with Crippen LogP contribution in [-0.4, -0.2) is 17.8 Å². The molecule has 0 aliphatic heterocycles. The molecule has 0 aliphatic carbocycles. The van der Waals surface area contributed by atoms with Gasteiger partial charge in [0.25, 0.3) is 0 Å². The first-order valence-corrected chi connectivity index (χ1v) is 9.24. The molecule has 0 saturated carbocycles. The van der Waals surface area contributed by atoms with E-state index >= 15 is 0 Å². The summed E-state index contributed by atoms with van der Waals surface area (Å²) in [6.45, 7) is 2.80. The van der Waals surface area contributed by atoms with E-state index in [1.807, 2.05) is 53.9 Å². The van der Waals surface area contributed by atoms with Crippen molar-refractivity contribution in [1.82, 2.24) is 4.98 Å². The average Bonchev–Trinajstić information content (AvgIpc) is 3.10. The SMILES string of the molecule is CCCOc1cccc(/C=N\Nc2nc(-c3ccc(Cl)cc3)cs2)c1. The fraction of sp³-hybridized carbons (Fsp3) is 0.158. The number of aromatic nitrogens is 1. The van der Waals surface area contributed by atoms with E-state index in [1.165, 1.54) is 11.3 Å². The Balaban J connectivity index is 1.62. The van der Waals surface area contributed by atoms with Crippen LogP contribution in [0.15, 0.2) is 59.0 Å². The van der Waals surface area contributed by atoms with Crippen molar-refractivity contribution >= 4 is 34.3 Å². The van der Waals surface area contributed by atoms with E-state index in [2.05, 4.69) is 22.4 Å². The lowest BCUT2D eigenvalue weighted by Crippen LogP contribution is -1.96. The van der Waals surface area contributed by atoms with Crippen LogP contribution in [-0.2, 0) is 0 Å². The number of nitrogens with zero attached hydrogens (tertiary/aromatic N) is 2. The molecular formula is C19H18ClN3OS. The standard InChI is InChI=1S/C19H18ClN3OS/c1-2-10-24-17-5-3-4-14(11-17)12-21-23-19-22-18(13-25-19)15-6-8-16(20)9-7-15/h3-9,11-13H,2,10H2,1H3,(H,22,23)/b21-12-. The third-order valence-electron chi connectivity index (χ3n) is 3.35. The average molecular weight is 372 g/mol. The molecule has 1 aromatic heterocycles. The summed E-state index contributed by atoms with van der Waals surface area (Å²) in [7, 11) is 0. The lowest BCUT2D eigenvalue weighted by Gasteiger charge is -2.04. The number of halogens is 1. The summed E-state index contributed by atoms with van der Waals surface area (Å²) in [6, 6.07) is 15.4. The quantitative estimate of drug-likeness (QED) is 0.428. The van der Waals surface area contributed by atoms with Crippen molar-refractivity contribution in [2.24, 2.45) is 5.10 Å². The number of nitrogens with one attached hydrogen (secondary N) is 1. The van der Waals surface area contributed by atoms with Crippen LogP contribution in [0, 0.1) is 0 Å². The maximum atomic E-state index is 5.91. The number of hydrogen-bond acceptors (Lipinski definition) is 5. The number of benzene rings is 2. The number of rotatable bonds is 7. The van der Waals surface area contributed by atoms with Gasteiger partial charge < -0.3 is 4.74 Å². The second-order valence-corrected chi connectivity index (χ2v) is 6.63. The highest BCUT2D eigenvalue weighted by Gasteiger charge is 2.03. The normalized spacial score (nSPS) is 11.0. The van der Waals surface area contributed by atoms with Gasteiger partial charge in [0.15, 0.2) is 0 Å². The summed E-state index contributed by atoms with van der Waals surface area (Å²) in [6.07, 6.45) is 2.74. The summed E-state index contributed by atoms with van der Waals surface area (Å²) in [5.41, 5.74) is 5.86. The van der Waals surface area contributed by atoms with E-state index in [1.54, 1.807) is 6.21 Å². The number of anilines is 1. The zero-order chi connectivity index (χ0) is 17.5. The second-order valence-electron chi connectivity index (χ2n) is 5.34. The minimum absolute atomic E-state index is 0.714. The zero-order valence-electron chi connectivity index (χ0n) is 13.8. The molecule has 0 unspecified atom stereocenters. The highest BCUT2D eigenvalue weighted by atomic mass is 35.5. The largest absolute Gasteiger partial charge is 0.494 e. The van der Waals surface area contributed by atoms with E-state index in [4.69, 9.17) is 16.3 Å². The van der Waals surface area contributed by atoms with Gasteiger partial charge in [0, 0.05) is 16.0 Å². The molecule has 6 heteroatoms. The lowest BCUT2D eigenvalue weighted by atomic mass is 10.2. The molecule has 3 aromatic rings. The molecule has 1 heterocycles. The minimum Gasteiger partial charge on any atom is -0.494 e. The summed E-state index contributed by atoms with van der Waals surface area (Å²) < 4.78 is 5.62. The minimum atomic E-state index is 0.714. The van der Waals surface area contributed by atoms with Crippen LogP contribution in [0.1, 0.15) is 18.9 Å². The van der Waals surface area contributed by atoms with Gasteiger partial charge in [-0.15, -0.1) is 11.3 Å². The molecule has 0 amide bonds. The fourth-order valence-electron chi connectivity index (χ4n) is 2.14. The summed E-state index contributed by atoms with van der Waals surface area (Å²) in [5, 5.41) is 7.69. The van der Waals surface area contributed by atoms with Gasteiger partial charge in [-0.05, 0) is 36.2 Å². The van der Waals surface area contributed by atoms with Crippen molar-refractivity contribution in [3.05, 3.63) is 64.5 Å². The van der Waals surface area contributed by atoms with Crippen LogP contribution in [0.4, 0.5) is 5.13 Å². The Morgan fingerprint density at radius 3 is 2.88 bits per heavy atom. The molecule has 0 aliphatic rings. The Morgan fingerprint density at radius 1 is 1.24 bits per heavy atom. The third-order valence-corrected chi connectivity index (χ3v) is 4.35. The molecule has 0 bridgehead atoms. The first-order valence-electron chi connectivity index (χ1n) is 7.98. The van der Waals surface area contributed by atoms with Crippen LogP contribution in [0.5, 0.6) is 5.75 Å². The van der Waals surface area contributed by atoms with Gasteiger partial charge in [-0.3, -0.25) is 5.43 Å². The van der Waals surface area contributed by atoms with Crippen molar-refractivity contribution < 1.29 is 4.74 Å². The van der Waals surface area contributed by atoms with Crippen molar-refractivity contribution in [2.75, 3.05) is 12.0 Å². The van der Waals surface area contributed by atoms with Crippen LogP contribution in [0.3, 0.4) is 0 Å². The van der Waals surface area contributed by atoms with Crippen LogP contribution in [0.2, 0.25) is 5.02 Å². The maximum Gasteiger partial charge on any atom is 0.203 e. The maximum absolute atomic E-state index is 5.91. The van der Waals surface area contributed by atoms with E-state index in [-0.39, 0.29) is 0 Å². The topological polar surface area (TPSA) is 46.5 Å². The Bertz CT molecular complexity index is 846. The van der Waals surface area contributed by atoms with Crippen molar-refractivity contribution in [3.8, 4) is 17.0 Å². The Kier molecular flexibility index (Phi) is 6.04. The Morgan fingerprint density at radius 2 is 2.08 bits per heavy atom. The van der Waals surface area contributed by atoms with Gasteiger partial charge in [0.05, 0.1) is 18.5 Å². The van der Waals surface area contributed by atoms with E-state index in [0.717, 1.165) is 34.1 Å². The molecule has 0 fully saturated rings. The van der Waals surface area contributed by atoms with Crippen molar-refractivity contribution in [3.63, 3.8) is 0 Å². The molecule has 0 saturated heterocycles. The van der Waals surface area contributed by atoms with Gasteiger partial charge in [0.2, 0.25) is 5.13 Å². The molecule has 25 heavy (non-hydrogen) atoms. The number of hydrogen-bond donors (Lipinski definition) is 1. The first kappa shape index (κ1) is 17.5. The lowest BCUT2D eigenvalue weighted by molar-refractivity contribution is 0.317. The predicted molar refractivity (Wildman–Crippen MR) is 106 cm³/mol. The van der Waals surface area contributed by atoms with Crippen LogP contribution >= 0.6 is 22.9 Å². The Labute approximate surface area is 156 Å². The summed E-state index contributed by atoms with van der Waals surface area (Å²) >= 11 is 7.42. The second kappa shape index (κ2) is 8.65. The highest BCUT2D eigenvalue weighted by molar-refractivity contribution is 7.14. The van der Waals surface area contributed by atoms with Crippen molar-refractivity contribution in [2.45, 2.75) is 13.3 Å². The monoisotopic (exact) mass is 371 g/mol. The highest BCUT2D eigenvalue weighted by Crippen LogP contribution is 2.25. The third kappa shape index (κ3) is 5.05. The van der Waals surface area contributed by atoms with Crippen molar-refractivity contribution in [1.29, 1.82) is 0 Å². The molecule has 2 aromatic carbocycles. The number of hydrazone groups is 1. The summed E-state index contributed by atoms with van der Waals surface area (Å²) in [5.74, 6) is 0.852. The molecule has 0 spiro atoms. The molecule has 3 rings (SSSR count). The first-order chi connectivity index (χ1) is 12.2. The number of ether oxygens (including phenoxy) is 1. The van der Waals surface area contributed by atoms with Crippen LogP contribution in [0.25, 0.3) is 11.3 Å². The molecule has 1 N–H and O–H groups in total. The Hall–Kier alpha value is -2.37. The molecule has 0 radical (unpaired) electrons. The van der Waals surface area contributed by atoms with E-state index < -0.39 is 0 Å². The predicted octanol–water partition coefficient (Wildman–Crippen LogP) is 5.70. The molecule has 0 atom stereocenters. The molecule has 4 nitrogen and oxygen atoms in total. The molecular weight excluding hydrogens is 354 g/mol. The van der Waals surface area contributed by atoms with E-state index in [0.29, 0.717) is 11.6 Å². The van der Waals surface area contributed by atoms with Crippen LogP contribution < -0.4 is 10.2 Å². The summed E-state index contributed by atoms with van der Waals surface area (Å²) in [4.78, 5) is 4.53. The molecule has 128 valence electrons. The van der Waals surface area contributed by atoms with Gasteiger partial charge in [-0.2, -0.15) is 5.10 Å². The van der Waals surface area contributed by atoms with E-state index in [9.17, 15) is 0 Å². The zero-order valence-corrected chi connectivity index (χ0v) is 15.3. The fourth-order valence-corrected chi connectivity index (χ4v) is 2.94. The smallest absolute Gasteiger partial charge is 0.203 e. The van der Waals surface area contributed by atoms with Gasteiger partial charge in [-0.1, -0.05) is 42.8 Å². The van der Waals surface area contributed by atoms with Gasteiger partial charge >= 0.3 is 0 Å². The van der Waals surface area contributed by atoms with Gasteiger partial charge in [0.1, 0.15) is 5.75 Å². The number of thiazole rings is 1. The van der Waals surface area contributed by atoms with Gasteiger partial charge in [-0.25, -0.2) is 4.98 Å².